The molecule has 0 aliphatic rings. The summed E-state index contributed by atoms with van der Waals surface area (Å²) >= 11 is 0. The first kappa shape index (κ1) is 21.2. The Morgan fingerprint density at radius 1 is 1.04 bits per heavy atom. The lowest BCUT2D eigenvalue weighted by Crippen LogP contribution is -2.88. The molecular formula is C21H28N3O4+. The van der Waals surface area contributed by atoms with Crippen LogP contribution in [0.1, 0.15) is 24.1 Å². The quantitative estimate of drug-likeness (QED) is 0.607. The van der Waals surface area contributed by atoms with Crippen LogP contribution in [0.4, 0.5) is 4.79 Å². The van der Waals surface area contributed by atoms with Crippen LogP contribution in [0, 0.1) is 0 Å². The highest BCUT2D eigenvalue weighted by atomic mass is 16.5. The number of urea groups is 1. The maximum absolute atomic E-state index is 12.6. The number of ether oxygens (including phenoxy) is 2. The van der Waals surface area contributed by atoms with Crippen molar-refractivity contribution >= 4 is 11.9 Å². The summed E-state index contributed by atoms with van der Waals surface area (Å²) in [5, 5.41) is 6.91. The van der Waals surface area contributed by atoms with Crippen LogP contribution in [0.3, 0.4) is 0 Å². The molecule has 1 atom stereocenters. The molecule has 7 nitrogen and oxygen atoms in total. The molecule has 4 N–H and O–H groups in total. The molecular weight excluding hydrogens is 358 g/mol. The van der Waals surface area contributed by atoms with Gasteiger partial charge in [-0.1, -0.05) is 36.4 Å². The van der Waals surface area contributed by atoms with Crippen molar-refractivity contribution in [1.82, 2.24) is 10.6 Å². The predicted octanol–water partition coefficient (Wildman–Crippen LogP) is 1.40. The zero-order chi connectivity index (χ0) is 20.4. The van der Waals surface area contributed by atoms with E-state index in [1.807, 2.05) is 53.8 Å². The molecule has 0 aliphatic heterocycles. The van der Waals surface area contributed by atoms with Gasteiger partial charge in [0.1, 0.15) is 0 Å². The third-order valence-electron chi connectivity index (χ3n) is 4.30. The Morgan fingerprint density at radius 3 is 2.39 bits per heavy atom. The Kier molecular flexibility index (Phi) is 8.30. The van der Waals surface area contributed by atoms with Crippen LogP contribution in [-0.2, 0) is 11.2 Å². The molecule has 3 amide bonds. The second kappa shape index (κ2) is 10.9. The smallest absolute Gasteiger partial charge is 0.321 e. The van der Waals surface area contributed by atoms with Gasteiger partial charge < -0.3 is 20.1 Å². The lowest BCUT2D eigenvalue weighted by Gasteiger charge is -2.16. The minimum Gasteiger partial charge on any atom is -0.493 e. The standard InChI is InChI=1S/C21H27N3O4/c1-4-22-21(26)24-20(25)19(16-8-6-5-7-9-16)23-13-12-15-10-11-17(27-2)18(14-15)28-3/h5-11,14,19,23H,4,12-13H2,1-3H3,(H2,22,24,25,26)/p+1/t19-/m1/s1. The largest absolute Gasteiger partial charge is 0.493 e. The van der Waals surface area contributed by atoms with Gasteiger partial charge in [-0.3, -0.25) is 10.1 Å². The number of hydrogen-bond donors (Lipinski definition) is 3. The van der Waals surface area contributed by atoms with Crippen molar-refractivity contribution in [2.75, 3.05) is 27.3 Å². The number of amides is 3. The highest BCUT2D eigenvalue weighted by Crippen LogP contribution is 2.27. The van der Waals surface area contributed by atoms with Gasteiger partial charge in [-0.25, -0.2) is 4.79 Å². The van der Waals surface area contributed by atoms with Crippen molar-refractivity contribution < 1.29 is 24.4 Å². The summed E-state index contributed by atoms with van der Waals surface area (Å²) in [6.07, 6.45) is 0.734. The lowest BCUT2D eigenvalue weighted by molar-refractivity contribution is -0.682. The Hall–Kier alpha value is -3.06. The van der Waals surface area contributed by atoms with Gasteiger partial charge in [-0.15, -0.1) is 0 Å². The fraction of sp³-hybridized carbons (Fsp3) is 0.333. The number of rotatable bonds is 9. The second-order valence-corrected chi connectivity index (χ2v) is 6.20. The third kappa shape index (κ3) is 5.99. The fourth-order valence-electron chi connectivity index (χ4n) is 2.90. The van der Waals surface area contributed by atoms with Crippen LogP contribution in [0.2, 0.25) is 0 Å². The average Bonchev–Trinajstić information content (AvgIpc) is 2.71. The zero-order valence-electron chi connectivity index (χ0n) is 16.5. The topological polar surface area (TPSA) is 93.3 Å². The molecule has 0 radical (unpaired) electrons. The average molecular weight is 386 g/mol. The molecule has 7 heteroatoms. The van der Waals surface area contributed by atoms with E-state index in [0.717, 1.165) is 17.5 Å². The molecule has 0 aromatic heterocycles. The van der Waals surface area contributed by atoms with E-state index in [2.05, 4.69) is 10.6 Å². The van der Waals surface area contributed by atoms with E-state index in [-0.39, 0.29) is 5.91 Å². The van der Waals surface area contributed by atoms with Crippen molar-refractivity contribution in [3.8, 4) is 11.5 Å². The van der Waals surface area contributed by atoms with E-state index >= 15 is 0 Å². The van der Waals surface area contributed by atoms with Gasteiger partial charge >= 0.3 is 6.03 Å². The molecule has 0 saturated heterocycles. The monoisotopic (exact) mass is 386 g/mol. The van der Waals surface area contributed by atoms with Gasteiger partial charge in [0.25, 0.3) is 5.91 Å². The van der Waals surface area contributed by atoms with Gasteiger partial charge in [0, 0.05) is 18.5 Å². The third-order valence-corrected chi connectivity index (χ3v) is 4.30. The summed E-state index contributed by atoms with van der Waals surface area (Å²) in [5.41, 5.74) is 1.92. The second-order valence-electron chi connectivity index (χ2n) is 6.20. The molecule has 2 rings (SSSR count). The molecule has 0 unspecified atom stereocenters. The van der Waals surface area contributed by atoms with Crippen LogP contribution in [-0.4, -0.2) is 39.2 Å². The van der Waals surface area contributed by atoms with E-state index in [4.69, 9.17) is 9.47 Å². The van der Waals surface area contributed by atoms with Crippen molar-refractivity contribution in [3.63, 3.8) is 0 Å². The van der Waals surface area contributed by atoms with Gasteiger partial charge in [0.15, 0.2) is 17.5 Å². The first-order valence-corrected chi connectivity index (χ1v) is 9.26. The minimum atomic E-state index is -0.510. The molecule has 0 bridgehead atoms. The summed E-state index contributed by atoms with van der Waals surface area (Å²) < 4.78 is 10.6. The molecule has 150 valence electrons. The van der Waals surface area contributed by atoms with E-state index in [0.29, 0.717) is 24.6 Å². The summed E-state index contributed by atoms with van der Waals surface area (Å²) in [7, 11) is 3.20. The number of nitrogens with two attached hydrogens (primary N) is 1. The molecule has 0 fully saturated rings. The molecule has 2 aromatic rings. The highest BCUT2D eigenvalue weighted by molar-refractivity contribution is 5.96. The van der Waals surface area contributed by atoms with Crippen LogP contribution in [0.15, 0.2) is 48.5 Å². The summed E-state index contributed by atoms with van der Waals surface area (Å²) in [6.45, 7) is 2.92. The van der Waals surface area contributed by atoms with Gasteiger partial charge in [-0.2, -0.15) is 0 Å². The molecule has 2 aromatic carbocycles. The first-order valence-electron chi connectivity index (χ1n) is 9.26. The number of nitrogens with one attached hydrogen (secondary N) is 2. The molecule has 0 aliphatic carbocycles. The van der Waals surface area contributed by atoms with E-state index < -0.39 is 12.1 Å². The van der Waals surface area contributed by atoms with Crippen LogP contribution < -0.4 is 25.4 Å². The van der Waals surface area contributed by atoms with E-state index in [1.165, 1.54) is 0 Å². The zero-order valence-corrected chi connectivity index (χ0v) is 16.5. The molecule has 0 heterocycles. The summed E-state index contributed by atoms with van der Waals surface area (Å²) in [4.78, 5) is 24.3. The van der Waals surface area contributed by atoms with Crippen molar-refractivity contribution in [2.45, 2.75) is 19.4 Å². The maximum atomic E-state index is 12.6. The first-order chi connectivity index (χ1) is 13.6. The van der Waals surface area contributed by atoms with Gasteiger partial charge in [-0.05, 0) is 24.6 Å². The minimum absolute atomic E-state index is 0.343. The van der Waals surface area contributed by atoms with Gasteiger partial charge in [0.2, 0.25) is 0 Å². The van der Waals surface area contributed by atoms with Crippen molar-refractivity contribution in [1.29, 1.82) is 0 Å². The van der Waals surface area contributed by atoms with Gasteiger partial charge in [0.05, 0.1) is 20.8 Å². The maximum Gasteiger partial charge on any atom is 0.321 e. The fourth-order valence-corrected chi connectivity index (χ4v) is 2.90. The van der Waals surface area contributed by atoms with Crippen LogP contribution in [0.5, 0.6) is 11.5 Å². The number of quaternary nitrogens is 1. The Balaban J connectivity index is 2.04. The van der Waals surface area contributed by atoms with Crippen LogP contribution >= 0.6 is 0 Å². The molecule has 0 spiro atoms. The Labute approximate surface area is 165 Å². The number of hydrogen-bond acceptors (Lipinski definition) is 4. The number of methoxy groups -OCH3 is 2. The summed E-state index contributed by atoms with van der Waals surface area (Å²) in [6, 6.07) is 14.2. The number of carbonyl (C=O) groups is 2. The lowest BCUT2D eigenvalue weighted by atomic mass is 10.1. The predicted molar refractivity (Wildman–Crippen MR) is 106 cm³/mol. The van der Waals surface area contributed by atoms with E-state index in [9.17, 15) is 9.59 Å². The van der Waals surface area contributed by atoms with E-state index in [1.54, 1.807) is 21.1 Å². The van der Waals surface area contributed by atoms with Crippen molar-refractivity contribution in [2.24, 2.45) is 0 Å². The van der Waals surface area contributed by atoms with Crippen LogP contribution in [0.25, 0.3) is 0 Å². The number of carbonyl (C=O) groups excluding carboxylic acids is 2. The Morgan fingerprint density at radius 2 is 1.75 bits per heavy atom. The number of benzene rings is 2. The number of imide groups is 1. The Bertz CT molecular complexity index is 780. The highest BCUT2D eigenvalue weighted by Gasteiger charge is 2.25. The van der Waals surface area contributed by atoms with Crippen molar-refractivity contribution in [3.05, 3.63) is 59.7 Å². The molecule has 0 saturated carbocycles. The molecule has 28 heavy (non-hydrogen) atoms. The SMILES string of the molecule is CCNC(=O)NC(=O)[C@H]([NH2+]CCc1ccc(OC)c(OC)c1)c1ccccc1. The normalized spacial score (nSPS) is 11.4. The summed E-state index contributed by atoms with van der Waals surface area (Å²) in [5.74, 6) is 1.01.